The van der Waals surface area contributed by atoms with Crippen molar-refractivity contribution in [2.24, 2.45) is 0 Å². The van der Waals surface area contributed by atoms with Crippen molar-refractivity contribution in [3.63, 3.8) is 0 Å². The Kier molecular flexibility index (Phi) is 6.11. The van der Waals surface area contributed by atoms with E-state index in [9.17, 15) is 14.4 Å². The average Bonchev–Trinajstić information content (AvgIpc) is 2.58. The van der Waals surface area contributed by atoms with Crippen LogP contribution in [0.5, 0.6) is 0 Å². The lowest BCUT2D eigenvalue weighted by atomic mass is 10.00. The first-order chi connectivity index (χ1) is 12.3. The van der Waals surface area contributed by atoms with Gasteiger partial charge in [-0.25, -0.2) is 9.59 Å². The molecule has 0 saturated carbocycles. The summed E-state index contributed by atoms with van der Waals surface area (Å²) < 4.78 is 9.75. The highest BCUT2D eigenvalue weighted by atomic mass is 16.5. The van der Waals surface area contributed by atoms with Gasteiger partial charge in [-0.3, -0.25) is 4.79 Å². The summed E-state index contributed by atoms with van der Waals surface area (Å²) in [6, 6.07) is 10.1. The number of hydrogen-bond donors (Lipinski definition) is 1. The Labute approximate surface area is 152 Å². The molecule has 0 radical (unpaired) electrons. The maximum atomic E-state index is 12.3. The molecule has 0 fully saturated rings. The van der Waals surface area contributed by atoms with Gasteiger partial charge < -0.3 is 14.8 Å². The van der Waals surface area contributed by atoms with Crippen LogP contribution in [0.4, 0.5) is 5.69 Å². The van der Waals surface area contributed by atoms with E-state index < -0.39 is 24.5 Å². The number of hydrogen-bond acceptors (Lipinski definition) is 5. The minimum atomic E-state index is -0.543. The van der Waals surface area contributed by atoms with E-state index >= 15 is 0 Å². The summed E-state index contributed by atoms with van der Waals surface area (Å²) in [5, 5.41) is 2.58. The van der Waals surface area contributed by atoms with Gasteiger partial charge in [0.2, 0.25) is 0 Å². The first-order valence-corrected chi connectivity index (χ1v) is 8.05. The number of carbonyl (C=O) groups is 3. The van der Waals surface area contributed by atoms with Crippen molar-refractivity contribution in [1.82, 2.24) is 0 Å². The molecule has 6 nitrogen and oxygen atoms in total. The molecule has 0 aliphatic rings. The third-order valence-electron chi connectivity index (χ3n) is 3.78. The Morgan fingerprint density at radius 1 is 0.962 bits per heavy atom. The number of rotatable bonds is 5. The average molecular weight is 355 g/mol. The van der Waals surface area contributed by atoms with Crippen molar-refractivity contribution < 1.29 is 23.9 Å². The highest BCUT2D eigenvalue weighted by Crippen LogP contribution is 2.17. The van der Waals surface area contributed by atoms with Crippen LogP contribution >= 0.6 is 0 Å². The first kappa shape index (κ1) is 19.2. The molecule has 6 heteroatoms. The lowest BCUT2D eigenvalue weighted by Crippen LogP contribution is -2.22. The molecule has 0 saturated heterocycles. The predicted octanol–water partition coefficient (Wildman–Crippen LogP) is 3.19. The van der Waals surface area contributed by atoms with E-state index in [0.29, 0.717) is 16.8 Å². The molecule has 2 rings (SSSR count). The third-order valence-corrected chi connectivity index (χ3v) is 3.78. The van der Waals surface area contributed by atoms with Gasteiger partial charge >= 0.3 is 11.9 Å². The van der Waals surface area contributed by atoms with Gasteiger partial charge in [-0.15, -0.1) is 0 Å². The molecular weight excluding hydrogens is 334 g/mol. The summed E-state index contributed by atoms with van der Waals surface area (Å²) in [6.45, 7) is 5.18. The zero-order chi connectivity index (χ0) is 19.3. The van der Waals surface area contributed by atoms with Crippen LogP contribution in [-0.4, -0.2) is 31.6 Å². The second-order valence-corrected chi connectivity index (χ2v) is 5.97. The van der Waals surface area contributed by atoms with Crippen molar-refractivity contribution in [2.75, 3.05) is 19.0 Å². The van der Waals surface area contributed by atoms with Crippen molar-refractivity contribution in [3.05, 3.63) is 64.2 Å². The summed E-state index contributed by atoms with van der Waals surface area (Å²) >= 11 is 0. The minimum absolute atomic E-state index is 0.313. The van der Waals surface area contributed by atoms with Crippen molar-refractivity contribution in [2.45, 2.75) is 20.8 Å². The molecule has 0 unspecified atom stereocenters. The molecule has 0 heterocycles. The maximum Gasteiger partial charge on any atom is 0.339 e. The van der Waals surface area contributed by atoms with Crippen LogP contribution < -0.4 is 5.32 Å². The fourth-order valence-corrected chi connectivity index (χ4v) is 2.74. The number of methoxy groups -OCH3 is 1. The van der Waals surface area contributed by atoms with Crippen LogP contribution in [0.2, 0.25) is 0 Å². The number of amides is 1. The standard InChI is InChI=1S/C20H21NO5/c1-12-8-13(2)18(14(3)9-12)20(24)26-11-17(22)21-16-7-5-6-15(10-16)19(23)25-4/h5-10H,11H2,1-4H3,(H,21,22). The number of carbonyl (C=O) groups excluding carboxylic acids is 3. The molecule has 0 aromatic heterocycles. The lowest BCUT2D eigenvalue weighted by Gasteiger charge is -2.11. The summed E-state index contributed by atoms with van der Waals surface area (Å²) in [6.07, 6.45) is 0. The molecule has 26 heavy (non-hydrogen) atoms. The smallest absolute Gasteiger partial charge is 0.339 e. The van der Waals surface area contributed by atoms with E-state index in [1.165, 1.54) is 13.2 Å². The van der Waals surface area contributed by atoms with Gasteiger partial charge in [0.05, 0.1) is 18.2 Å². The van der Waals surface area contributed by atoms with Gasteiger partial charge in [-0.1, -0.05) is 23.8 Å². The van der Waals surface area contributed by atoms with Crippen LogP contribution in [0.15, 0.2) is 36.4 Å². The zero-order valence-electron chi connectivity index (χ0n) is 15.2. The SMILES string of the molecule is COC(=O)c1cccc(NC(=O)COC(=O)c2c(C)cc(C)cc2C)c1. The second-order valence-electron chi connectivity index (χ2n) is 5.97. The van der Waals surface area contributed by atoms with Crippen LogP contribution in [0, 0.1) is 20.8 Å². The largest absolute Gasteiger partial charge is 0.465 e. The van der Waals surface area contributed by atoms with Crippen LogP contribution in [0.3, 0.4) is 0 Å². The molecule has 1 amide bonds. The number of ether oxygens (including phenoxy) is 2. The van der Waals surface area contributed by atoms with Crippen molar-refractivity contribution in [3.8, 4) is 0 Å². The van der Waals surface area contributed by atoms with E-state index in [0.717, 1.165) is 16.7 Å². The van der Waals surface area contributed by atoms with E-state index in [1.807, 2.05) is 32.9 Å². The topological polar surface area (TPSA) is 81.7 Å². The fourth-order valence-electron chi connectivity index (χ4n) is 2.74. The van der Waals surface area contributed by atoms with E-state index in [2.05, 4.69) is 10.1 Å². The zero-order valence-corrected chi connectivity index (χ0v) is 15.2. The first-order valence-electron chi connectivity index (χ1n) is 8.05. The maximum absolute atomic E-state index is 12.3. The van der Waals surface area contributed by atoms with Gasteiger partial charge in [-0.05, 0) is 50.1 Å². The molecular formula is C20H21NO5. The van der Waals surface area contributed by atoms with E-state index in [1.54, 1.807) is 18.2 Å². The van der Waals surface area contributed by atoms with Crippen molar-refractivity contribution >= 4 is 23.5 Å². The quantitative estimate of drug-likeness (QED) is 0.833. The number of nitrogens with one attached hydrogen (secondary N) is 1. The fraction of sp³-hybridized carbons (Fsp3) is 0.250. The van der Waals surface area contributed by atoms with Gasteiger partial charge in [0.15, 0.2) is 6.61 Å². The summed E-state index contributed by atoms with van der Waals surface area (Å²) in [7, 11) is 1.28. The van der Waals surface area contributed by atoms with Crippen molar-refractivity contribution in [1.29, 1.82) is 0 Å². The molecule has 1 N–H and O–H groups in total. The Bertz CT molecular complexity index is 834. The Hall–Kier alpha value is -3.15. The number of benzene rings is 2. The minimum Gasteiger partial charge on any atom is -0.465 e. The molecule has 0 atom stereocenters. The number of esters is 2. The van der Waals surface area contributed by atoms with E-state index in [-0.39, 0.29) is 0 Å². The van der Waals surface area contributed by atoms with Gasteiger partial charge in [-0.2, -0.15) is 0 Å². The molecule has 136 valence electrons. The molecule has 0 spiro atoms. The predicted molar refractivity (Wildman–Crippen MR) is 97.3 cm³/mol. The lowest BCUT2D eigenvalue weighted by molar-refractivity contribution is -0.119. The van der Waals surface area contributed by atoms with Gasteiger partial charge in [0, 0.05) is 5.69 Å². The molecule has 2 aromatic carbocycles. The van der Waals surface area contributed by atoms with Crippen LogP contribution in [-0.2, 0) is 14.3 Å². The summed E-state index contributed by atoms with van der Waals surface area (Å²) in [5.74, 6) is -1.54. The molecule has 0 bridgehead atoms. The number of anilines is 1. The normalized spacial score (nSPS) is 10.2. The molecule has 2 aromatic rings. The van der Waals surface area contributed by atoms with Crippen LogP contribution in [0.1, 0.15) is 37.4 Å². The highest BCUT2D eigenvalue weighted by molar-refractivity contribution is 5.98. The second kappa shape index (κ2) is 8.29. The van der Waals surface area contributed by atoms with Gasteiger partial charge in [0.25, 0.3) is 5.91 Å². The van der Waals surface area contributed by atoms with Crippen LogP contribution in [0.25, 0.3) is 0 Å². The number of aryl methyl sites for hydroxylation is 3. The van der Waals surface area contributed by atoms with Gasteiger partial charge in [0.1, 0.15) is 0 Å². The Morgan fingerprint density at radius 2 is 1.62 bits per heavy atom. The summed E-state index contributed by atoms with van der Waals surface area (Å²) in [4.78, 5) is 35.8. The monoisotopic (exact) mass is 355 g/mol. The Morgan fingerprint density at radius 3 is 2.23 bits per heavy atom. The molecule has 0 aliphatic carbocycles. The van der Waals surface area contributed by atoms with E-state index in [4.69, 9.17) is 4.74 Å². The highest BCUT2D eigenvalue weighted by Gasteiger charge is 2.16. The summed E-state index contributed by atoms with van der Waals surface area (Å²) in [5.41, 5.74) is 3.86. The third kappa shape index (κ3) is 4.69. The molecule has 0 aliphatic heterocycles. The Balaban J connectivity index is 1.99.